The molecular weight excluding hydrogens is 282 g/mol. The third-order valence-corrected chi connectivity index (χ3v) is 3.43. The Morgan fingerprint density at radius 1 is 1.52 bits per heavy atom. The van der Waals surface area contributed by atoms with Crippen LogP contribution in [0.3, 0.4) is 0 Å². The van der Waals surface area contributed by atoms with Crippen LogP contribution in [0.15, 0.2) is 24.3 Å². The standard InChI is InChI=1S/C14H18F2N2O3/c1-18(9-14(20)6-7-17-8-14)12(19)10-4-2-3-5-11(10)21-13(15)16/h2-5,13,17,20H,6-9H2,1H3. The highest BCUT2D eigenvalue weighted by Gasteiger charge is 2.34. The molecule has 1 aromatic rings. The number of alkyl halides is 2. The molecule has 2 rings (SSSR count). The first-order valence-corrected chi connectivity index (χ1v) is 6.64. The average molecular weight is 300 g/mol. The first kappa shape index (κ1) is 15.7. The van der Waals surface area contributed by atoms with Gasteiger partial charge in [-0.2, -0.15) is 8.78 Å². The highest BCUT2D eigenvalue weighted by atomic mass is 19.3. The van der Waals surface area contributed by atoms with Crippen LogP contribution in [-0.4, -0.2) is 54.8 Å². The van der Waals surface area contributed by atoms with Gasteiger partial charge in [0.15, 0.2) is 0 Å². The second-order valence-electron chi connectivity index (χ2n) is 5.19. The fourth-order valence-electron chi connectivity index (χ4n) is 2.43. The molecule has 0 bridgehead atoms. The van der Waals surface area contributed by atoms with Crippen molar-refractivity contribution in [1.29, 1.82) is 0 Å². The highest BCUT2D eigenvalue weighted by Crippen LogP contribution is 2.23. The van der Waals surface area contributed by atoms with Gasteiger partial charge in [0.1, 0.15) is 5.75 Å². The van der Waals surface area contributed by atoms with Crippen LogP contribution < -0.4 is 10.1 Å². The molecule has 2 N–H and O–H groups in total. The molecular formula is C14H18F2N2O3. The molecule has 0 spiro atoms. The molecule has 1 atom stereocenters. The van der Waals surface area contributed by atoms with E-state index in [2.05, 4.69) is 10.1 Å². The lowest BCUT2D eigenvalue weighted by atomic mass is 10.0. The van der Waals surface area contributed by atoms with Crippen LogP contribution in [0.25, 0.3) is 0 Å². The van der Waals surface area contributed by atoms with Crippen LogP contribution in [-0.2, 0) is 0 Å². The molecule has 0 radical (unpaired) electrons. The number of aliphatic hydroxyl groups is 1. The van der Waals surface area contributed by atoms with Crippen LogP contribution in [0.4, 0.5) is 8.78 Å². The van der Waals surface area contributed by atoms with Crippen LogP contribution in [0.5, 0.6) is 5.75 Å². The molecule has 1 aliphatic heterocycles. The summed E-state index contributed by atoms with van der Waals surface area (Å²) < 4.78 is 29.1. The molecule has 1 aromatic carbocycles. The summed E-state index contributed by atoms with van der Waals surface area (Å²) in [7, 11) is 1.53. The van der Waals surface area contributed by atoms with Crippen molar-refractivity contribution in [2.24, 2.45) is 0 Å². The van der Waals surface area contributed by atoms with E-state index in [0.717, 1.165) is 0 Å². The SMILES string of the molecule is CN(CC1(O)CCNC1)C(=O)c1ccccc1OC(F)F. The monoisotopic (exact) mass is 300 g/mol. The van der Waals surface area contributed by atoms with Gasteiger partial charge in [-0.15, -0.1) is 0 Å². The van der Waals surface area contributed by atoms with E-state index in [4.69, 9.17) is 0 Å². The van der Waals surface area contributed by atoms with Crippen molar-refractivity contribution >= 4 is 5.91 Å². The quantitative estimate of drug-likeness (QED) is 0.854. The lowest BCUT2D eigenvalue weighted by Gasteiger charge is -2.28. The van der Waals surface area contributed by atoms with Crippen molar-refractivity contribution in [3.63, 3.8) is 0 Å². The largest absolute Gasteiger partial charge is 0.434 e. The molecule has 0 aliphatic carbocycles. The van der Waals surface area contributed by atoms with Crippen molar-refractivity contribution < 1.29 is 23.4 Å². The van der Waals surface area contributed by atoms with E-state index in [1.165, 1.54) is 30.1 Å². The summed E-state index contributed by atoms with van der Waals surface area (Å²) in [5.41, 5.74) is -0.932. The normalized spacial score (nSPS) is 21.6. The summed E-state index contributed by atoms with van der Waals surface area (Å²) in [6.45, 7) is -1.78. The van der Waals surface area contributed by atoms with Crippen molar-refractivity contribution in [3.05, 3.63) is 29.8 Å². The molecule has 5 nitrogen and oxygen atoms in total. The maximum atomic E-state index is 12.4. The summed E-state index contributed by atoms with van der Waals surface area (Å²) in [5.74, 6) is -0.632. The van der Waals surface area contributed by atoms with Gasteiger partial charge in [-0.05, 0) is 25.1 Å². The zero-order valence-electron chi connectivity index (χ0n) is 11.7. The van der Waals surface area contributed by atoms with Gasteiger partial charge in [-0.1, -0.05) is 12.1 Å². The number of carbonyl (C=O) groups is 1. The van der Waals surface area contributed by atoms with Crippen molar-refractivity contribution in [3.8, 4) is 5.75 Å². The fourth-order valence-corrected chi connectivity index (χ4v) is 2.43. The fraction of sp³-hybridized carbons (Fsp3) is 0.500. The Bertz CT molecular complexity index is 505. The number of halogens is 2. The summed E-state index contributed by atoms with van der Waals surface area (Å²) in [6.07, 6.45) is 0.541. The molecule has 21 heavy (non-hydrogen) atoms. The Kier molecular flexibility index (Phi) is 4.74. The third-order valence-electron chi connectivity index (χ3n) is 3.43. The number of nitrogens with one attached hydrogen (secondary N) is 1. The minimum Gasteiger partial charge on any atom is -0.434 e. The van der Waals surface area contributed by atoms with E-state index in [9.17, 15) is 18.7 Å². The Morgan fingerprint density at radius 2 is 2.24 bits per heavy atom. The molecule has 1 fully saturated rings. The second-order valence-corrected chi connectivity index (χ2v) is 5.19. The molecule has 1 saturated heterocycles. The summed E-state index contributed by atoms with van der Waals surface area (Å²) in [4.78, 5) is 13.7. The van der Waals surface area contributed by atoms with E-state index in [1.807, 2.05) is 0 Å². The molecule has 116 valence electrons. The van der Waals surface area contributed by atoms with E-state index >= 15 is 0 Å². The highest BCUT2D eigenvalue weighted by molar-refractivity contribution is 5.96. The van der Waals surface area contributed by atoms with Gasteiger partial charge in [-0.3, -0.25) is 4.79 Å². The van der Waals surface area contributed by atoms with Crippen molar-refractivity contribution in [1.82, 2.24) is 10.2 Å². The Morgan fingerprint density at radius 3 is 2.86 bits per heavy atom. The third kappa shape index (κ3) is 3.89. The van der Waals surface area contributed by atoms with Crippen LogP contribution in [0.1, 0.15) is 16.8 Å². The predicted molar refractivity (Wildman–Crippen MR) is 72.5 cm³/mol. The minimum atomic E-state index is -2.99. The molecule has 1 aliphatic rings. The summed E-state index contributed by atoms with van der Waals surface area (Å²) in [5, 5.41) is 13.3. The lowest BCUT2D eigenvalue weighted by molar-refractivity contribution is -0.0503. The van der Waals surface area contributed by atoms with Crippen molar-refractivity contribution in [2.75, 3.05) is 26.7 Å². The number of hydrogen-bond acceptors (Lipinski definition) is 4. The molecule has 1 heterocycles. The Hall–Kier alpha value is -1.73. The topological polar surface area (TPSA) is 61.8 Å². The van der Waals surface area contributed by atoms with Crippen LogP contribution >= 0.6 is 0 Å². The molecule has 0 aromatic heterocycles. The maximum absolute atomic E-state index is 12.4. The molecule has 7 heteroatoms. The summed E-state index contributed by atoms with van der Waals surface area (Å²) in [6, 6.07) is 5.83. The summed E-state index contributed by atoms with van der Waals surface area (Å²) >= 11 is 0. The van der Waals surface area contributed by atoms with Gasteiger partial charge in [-0.25, -0.2) is 0 Å². The number of nitrogens with zero attached hydrogens (tertiary/aromatic N) is 1. The predicted octanol–water partition coefficient (Wildman–Crippen LogP) is 1.08. The number of likely N-dealkylation sites (N-methyl/N-ethyl adjacent to an activating group) is 1. The lowest BCUT2D eigenvalue weighted by Crippen LogP contribution is -2.45. The molecule has 1 amide bonds. The minimum absolute atomic E-state index is 0.0508. The Labute approximate surface area is 121 Å². The van der Waals surface area contributed by atoms with Crippen LogP contribution in [0.2, 0.25) is 0 Å². The van der Waals surface area contributed by atoms with E-state index in [0.29, 0.717) is 19.5 Å². The number of para-hydroxylation sites is 1. The first-order valence-electron chi connectivity index (χ1n) is 6.64. The van der Waals surface area contributed by atoms with Gasteiger partial charge in [0.2, 0.25) is 0 Å². The zero-order chi connectivity index (χ0) is 15.5. The van der Waals surface area contributed by atoms with Gasteiger partial charge < -0.3 is 20.1 Å². The van der Waals surface area contributed by atoms with E-state index in [1.54, 1.807) is 6.07 Å². The first-order chi connectivity index (χ1) is 9.91. The number of rotatable bonds is 5. The average Bonchev–Trinajstić information content (AvgIpc) is 2.84. The number of benzene rings is 1. The van der Waals surface area contributed by atoms with Gasteiger partial charge in [0.25, 0.3) is 5.91 Å². The molecule has 0 saturated carbocycles. The number of amides is 1. The zero-order valence-corrected chi connectivity index (χ0v) is 11.7. The number of hydrogen-bond donors (Lipinski definition) is 2. The van der Waals surface area contributed by atoms with Gasteiger partial charge >= 0.3 is 6.61 Å². The molecule has 1 unspecified atom stereocenters. The van der Waals surface area contributed by atoms with E-state index < -0.39 is 18.1 Å². The maximum Gasteiger partial charge on any atom is 0.387 e. The second kappa shape index (κ2) is 6.36. The smallest absolute Gasteiger partial charge is 0.387 e. The number of β-amino-alcohol motifs (C(OH)–C–C–N with tert-alkyl or cyclic N) is 1. The van der Waals surface area contributed by atoms with Gasteiger partial charge in [0, 0.05) is 13.6 Å². The van der Waals surface area contributed by atoms with Crippen molar-refractivity contribution in [2.45, 2.75) is 18.6 Å². The number of carbonyl (C=O) groups excluding carboxylic acids is 1. The van der Waals surface area contributed by atoms with Crippen LogP contribution in [0, 0.1) is 0 Å². The van der Waals surface area contributed by atoms with Gasteiger partial charge in [0.05, 0.1) is 17.7 Å². The Balaban J connectivity index is 2.12. The van der Waals surface area contributed by atoms with E-state index in [-0.39, 0.29) is 17.9 Å². The number of ether oxygens (including phenoxy) is 1.